The molecule has 20 heavy (non-hydrogen) atoms. The summed E-state index contributed by atoms with van der Waals surface area (Å²) in [5, 5.41) is 6.75. The SMILES string of the molecule is Cc1ccc(C2=NN(C(N)=S)C(C3=CC=CC3)C2)cc1. The number of hydrazone groups is 1. The minimum absolute atomic E-state index is 0.166. The first-order valence-corrected chi connectivity index (χ1v) is 7.15. The van der Waals surface area contributed by atoms with E-state index in [1.807, 2.05) is 0 Å². The summed E-state index contributed by atoms with van der Waals surface area (Å²) in [6.07, 6.45) is 8.19. The largest absolute Gasteiger partial charge is 0.375 e. The van der Waals surface area contributed by atoms with E-state index in [2.05, 4.69) is 54.5 Å². The van der Waals surface area contributed by atoms with Crippen LogP contribution in [0.4, 0.5) is 0 Å². The second kappa shape index (κ2) is 5.21. The number of thiocarbonyl (C=S) groups is 1. The van der Waals surface area contributed by atoms with E-state index in [-0.39, 0.29) is 6.04 Å². The number of hydrogen-bond acceptors (Lipinski definition) is 2. The van der Waals surface area contributed by atoms with Gasteiger partial charge in [-0.15, -0.1) is 0 Å². The highest BCUT2D eigenvalue weighted by Gasteiger charge is 2.31. The molecule has 1 atom stereocenters. The molecule has 3 rings (SSSR count). The lowest BCUT2D eigenvalue weighted by molar-refractivity contribution is 0.401. The van der Waals surface area contributed by atoms with Crippen LogP contribution in [-0.2, 0) is 0 Å². The minimum atomic E-state index is 0.166. The van der Waals surface area contributed by atoms with Crippen LogP contribution in [0, 0.1) is 6.92 Å². The van der Waals surface area contributed by atoms with Crippen LogP contribution < -0.4 is 5.73 Å². The van der Waals surface area contributed by atoms with E-state index in [4.69, 9.17) is 18.0 Å². The number of benzene rings is 1. The minimum Gasteiger partial charge on any atom is -0.375 e. The van der Waals surface area contributed by atoms with E-state index in [0.717, 1.165) is 24.1 Å². The van der Waals surface area contributed by atoms with Crippen molar-refractivity contribution >= 4 is 23.0 Å². The van der Waals surface area contributed by atoms with Crippen molar-refractivity contribution in [3.8, 4) is 0 Å². The first kappa shape index (κ1) is 13.1. The molecule has 102 valence electrons. The average molecular weight is 283 g/mol. The Balaban J connectivity index is 1.88. The summed E-state index contributed by atoms with van der Waals surface area (Å²) in [5.74, 6) is 0. The van der Waals surface area contributed by atoms with Crippen LogP contribution >= 0.6 is 12.2 Å². The number of hydrogen-bond donors (Lipinski definition) is 1. The molecule has 0 amide bonds. The van der Waals surface area contributed by atoms with E-state index in [9.17, 15) is 0 Å². The molecule has 1 aromatic carbocycles. The van der Waals surface area contributed by atoms with Gasteiger partial charge >= 0.3 is 0 Å². The molecular formula is C16H17N3S. The van der Waals surface area contributed by atoms with Crippen LogP contribution in [0.3, 0.4) is 0 Å². The highest BCUT2D eigenvalue weighted by atomic mass is 32.1. The number of rotatable bonds is 2. The van der Waals surface area contributed by atoms with Gasteiger partial charge in [0, 0.05) is 6.42 Å². The molecule has 0 spiro atoms. The first-order valence-electron chi connectivity index (χ1n) is 6.74. The number of nitrogens with two attached hydrogens (primary N) is 1. The molecule has 0 fully saturated rings. The van der Waals surface area contributed by atoms with Gasteiger partial charge in [-0.05, 0) is 36.7 Å². The first-order chi connectivity index (χ1) is 9.65. The Morgan fingerprint density at radius 1 is 1.35 bits per heavy atom. The predicted octanol–water partition coefficient (Wildman–Crippen LogP) is 2.90. The molecule has 2 aliphatic rings. The molecule has 1 aliphatic carbocycles. The van der Waals surface area contributed by atoms with Crippen molar-refractivity contribution in [2.24, 2.45) is 10.8 Å². The summed E-state index contributed by atoms with van der Waals surface area (Å²) >= 11 is 5.14. The normalized spacial score (nSPS) is 21.1. The Bertz CT molecular complexity index is 626. The lowest BCUT2D eigenvalue weighted by Gasteiger charge is -2.22. The summed E-state index contributed by atoms with van der Waals surface area (Å²) < 4.78 is 0. The van der Waals surface area contributed by atoms with Crippen LogP contribution in [0.1, 0.15) is 24.0 Å². The molecule has 0 saturated carbocycles. The van der Waals surface area contributed by atoms with Gasteiger partial charge in [0.15, 0.2) is 5.11 Å². The molecule has 0 saturated heterocycles. The van der Waals surface area contributed by atoms with Crippen molar-refractivity contribution in [3.63, 3.8) is 0 Å². The maximum atomic E-state index is 5.82. The van der Waals surface area contributed by atoms with Gasteiger partial charge < -0.3 is 5.73 Å². The third-order valence-electron chi connectivity index (χ3n) is 3.75. The van der Waals surface area contributed by atoms with Gasteiger partial charge in [-0.3, -0.25) is 0 Å². The van der Waals surface area contributed by atoms with Gasteiger partial charge in [-0.1, -0.05) is 48.1 Å². The summed E-state index contributed by atoms with van der Waals surface area (Å²) in [4.78, 5) is 0. The average Bonchev–Trinajstić information content (AvgIpc) is 3.08. The van der Waals surface area contributed by atoms with Crippen molar-refractivity contribution < 1.29 is 0 Å². The maximum absolute atomic E-state index is 5.82. The van der Waals surface area contributed by atoms with E-state index >= 15 is 0 Å². The Hall–Kier alpha value is -1.94. The molecule has 1 unspecified atom stereocenters. The van der Waals surface area contributed by atoms with E-state index in [1.165, 1.54) is 11.1 Å². The highest BCUT2D eigenvalue weighted by Crippen LogP contribution is 2.29. The summed E-state index contributed by atoms with van der Waals surface area (Å²) in [5.41, 5.74) is 10.6. The lowest BCUT2D eigenvalue weighted by atomic mass is 9.97. The molecular weight excluding hydrogens is 266 g/mol. The zero-order valence-corrected chi connectivity index (χ0v) is 12.2. The fourth-order valence-corrected chi connectivity index (χ4v) is 2.80. The molecule has 4 heteroatoms. The van der Waals surface area contributed by atoms with Gasteiger partial charge in [0.2, 0.25) is 0 Å². The van der Waals surface area contributed by atoms with Crippen molar-refractivity contribution in [1.29, 1.82) is 0 Å². The number of nitrogens with zero attached hydrogens (tertiary/aromatic N) is 2. The predicted molar refractivity (Wildman–Crippen MR) is 86.6 cm³/mol. The quantitative estimate of drug-likeness (QED) is 0.849. The zero-order chi connectivity index (χ0) is 14.1. The monoisotopic (exact) mass is 283 g/mol. The summed E-state index contributed by atoms with van der Waals surface area (Å²) in [6.45, 7) is 2.08. The van der Waals surface area contributed by atoms with Crippen molar-refractivity contribution in [1.82, 2.24) is 5.01 Å². The van der Waals surface area contributed by atoms with Gasteiger partial charge in [0.25, 0.3) is 0 Å². The van der Waals surface area contributed by atoms with Gasteiger partial charge in [0.1, 0.15) is 0 Å². The third kappa shape index (κ3) is 2.39. The lowest BCUT2D eigenvalue weighted by Crippen LogP contribution is -2.37. The van der Waals surface area contributed by atoms with Gasteiger partial charge in [-0.25, -0.2) is 5.01 Å². The smallest absolute Gasteiger partial charge is 0.187 e. The summed E-state index contributed by atoms with van der Waals surface area (Å²) in [7, 11) is 0. The van der Waals surface area contributed by atoms with Crippen LogP contribution in [0.5, 0.6) is 0 Å². The summed E-state index contributed by atoms with van der Waals surface area (Å²) in [6, 6.07) is 8.59. The fourth-order valence-electron chi connectivity index (χ4n) is 2.63. The van der Waals surface area contributed by atoms with E-state index in [0.29, 0.717) is 5.11 Å². The molecule has 0 aromatic heterocycles. The van der Waals surface area contributed by atoms with Crippen molar-refractivity contribution in [2.45, 2.75) is 25.8 Å². The van der Waals surface area contributed by atoms with Crippen LogP contribution in [0.25, 0.3) is 0 Å². The molecule has 3 nitrogen and oxygen atoms in total. The highest BCUT2D eigenvalue weighted by molar-refractivity contribution is 7.80. The molecule has 0 bridgehead atoms. The Morgan fingerprint density at radius 2 is 2.10 bits per heavy atom. The second-order valence-electron chi connectivity index (χ2n) is 5.19. The van der Waals surface area contributed by atoms with Crippen molar-refractivity contribution in [3.05, 3.63) is 59.2 Å². The standard InChI is InChI=1S/C16H17N3S/c1-11-6-8-12(9-7-11)14-10-15(13-4-2-3-5-13)19(18-14)16(17)20/h2-4,6-9,15H,5,10H2,1H3,(H2,17,20). The molecule has 1 heterocycles. The molecule has 2 N–H and O–H groups in total. The number of allylic oxidation sites excluding steroid dienone is 3. The maximum Gasteiger partial charge on any atom is 0.187 e. The van der Waals surface area contributed by atoms with Crippen LogP contribution in [0.15, 0.2) is 53.2 Å². The second-order valence-corrected chi connectivity index (χ2v) is 5.61. The Kier molecular flexibility index (Phi) is 3.40. The van der Waals surface area contributed by atoms with Gasteiger partial charge in [-0.2, -0.15) is 5.10 Å². The molecule has 0 radical (unpaired) electrons. The third-order valence-corrected chi connectivity index (χ3v) is 3.94. The Labute approximate surface area is 124 Å². The van der Waals surface area contributed by atoms with E-state index < -0.39 is 0 Å². The number of aryl methyl sites for hydroxylation is 1. The van der Waals surface area contributed by atoms with Crippen LogP contribution in [0.2, 0.25) is 0 Å². The zero-order valence-electron chi connectivity index (χ0n) is 11.4. The topological polar surface area (TPSA) is 41.6 Å². The van der Waals surface area contributed by atoms with Crippen LogP contribution in [-0.4, -0.2) is 21.9 Å². The Morgan fingerprint density at radius 3 is 2.70 bits per heavy atom. The van der Waals surface area contributed by atoms with E-state index in [1.54, 1.807) is 5.01 Å². The van der Waals surface area contributed by atoms with Gasteiger partial charge in [0.05, 0.1) is 11.8 Å². The van der Waals surface area contributed by atoms with Crippen molar-refractivity contribution in [2.75, 3.05) is 0 Å². The molecule has 1 aliphatic heterocycles. The molecule has 1 aromatic rings. The fraction of sp³-hybridized carbons (Fsp3) is 0.250.